The highest BCUT2D eigenvalue weighted by Gasteiger charge is 2.21. The highest BCUT2D eigenvalue weighted by atomic mass is 32.2. The Hall–Kier alpha value is -0.660. The fourth-order valence-electron chi connectivity index (χ4n) is 0.953. The monoisotopic (exact) mass is 224 g/mol. The van der Waals surface area contributed by atoms with E-state index in [1.54, 1.807) is 14.0 Å². The molecule has 1 unspecified atom stereocenters. The molecule has 0 aromatic rings. The van der Waals surface area contributed by atoms with E-state index >= 15 is 0 Å². The van der Waals surface area contributed by atoms with Crippen LogP contribution in [0.15, 0.2) is 0 Å². The lowest BCUT2D eigenvalue weighted by Gasteiger charge is -2.12. The van der Waals surface area contributed by atoms with E-state index in [9.17, 15) is 13.2 Å². The maximum Gasteiger partial charge on any atom is 0.265 e. The Labute approximate surface area is 83.8 Å². The molecule has 0 radical (unpaired) electrons. The van der Waals surface area contributed by atoms with E-state index in [0.29, 0.717) is 6.42 Å². The van der Waals surface area contributed by atoms with Crippen molar-refractivity contribution in [2.24, 2.45) is 5.92 Å². The summed E-state index contributed by atoms with van der Waals surface area (Å²) >= 11 is 0. The van der Waals surface area contributed by atoms with Crippen LogP contribution >= 0.6 is 0 Å². The fraction of sp³-hybridized carbons (Fsp3) is 0.857. The SMILES string of the molecule is CCC(CS(=O)(=O)O)C(=O)NCNC. The fourth-order valence-corrected chi connectivity index (χ4v) is 1.85. The number of carbonyl (C=O) groups excluding carboxylic acids is 1. The zero-order valence-corrected chi connectivity index (χ0v) is 9.10. The van der Waals surface area contributed by atoms with Crippen molar-refractivity contribution < 1.29 is 17.8 Å². The highest BCUT2D eigenvalue weighted by molar-refractivity contribution is 7.85. The molecule has 6 nitrogen and oxygen atoms in total. The van der Waals surface area contributed by atoms with E-state index in [2.05, 4.69) is 10.6 Å². The van der Waals surface area contributed by atoms with Crippen molar-refractivity contribution in [3.63, 3.8) is 0 Å². The number of nitrogens with one attached hydrogen (secondary N) is 2. The molecule has 0 rings (SSSR count). The van der Waals surface area contributed by atoms with Gasteiger partial charge in [0.15, 0.2) is 0 Å². The molecule has 1 amide bonds. The van der Waals surface area contributed by atoms with Gasteiger partial charge in [-0.15, -0.1) is 0 Å². The Kier molecular flexibility index (Phi) is 5.66. The molecule has 0 bridgehead atoms. The third kappa shape index (κ3) is 5.90. The van der Waals surface area contributed by atoms with Gasteiger partial charge in [-0.1, -0.05) is 6.92 Å². The second kappa shape index (κ2) is 5.94. The van der Waals surface area contributed by atoms with Gasteiger partial charge in [-0.2, -0.15) is 8.42 Å². The number of hydrogen-bond acceptors (Lipinski definition) is 4. The van der Waals surface area contributed by atoms with Crippen molar-refractivity contribution in [1.29, 1.82) is 0 Å². The summed E-state index contributed by atoms with van der Waals surface area (Å²) in [6.45, 7) is 1.97. The number of hydrogen-bond donors (Lipinski definition) is 3. The highest BCUT2D eigenvalue weighted by Crippen LogP contribution is 2.05. The first-order valence-electron chi connectivity index (χ1n) is 4.28. The van der Waals surface area contributed by atoms with Crippen LogP contribution in [0.2, 0.25) is 0 Å². The molecule has 0 spiro atoms. The van der Waals surface area contributed by atoms with Gasteiger partial charge < -0.3 is 10.6 Å². The van der Waals surface area contributed by atoms with E-state index < -0.39 is 21.8 Å². The summed E-state index contributed by atoms with van der Waals surface area (Å²) < 4.78 is 29.6. The Morgan fingerprint density at radius 2 is 2.07 bits per heavy atom. The van der Waals surface area contributed by atoms with Gasteiger partial charge in [-0.3, -0.25) is 9.35 Å². The molecular weight excluding hydrogens is 208 g/mol. The molecule has 0 saturated carbocycles. The summed E-state index contributed by atoms with van der Waals surface area (Å²) in [4.78, 5) is 11.3. The molecule has 0 aliphatic heterocycles. The van der Waals surface area contributed by atoms with Crippen molar-refractivity contribution >= 4 is 16.0 Å². The quantitative estimate of drug-likeness (QED) is 0.405. The summed E-state index contributed by atoms with van der Waals surface area (Å²) in [5.74, 6) is -1.60. The van der Waals surface area contributed by atoms with E-state index in [1.165, 1.54) is 0 Å². The molecule has 0 heterocycles. The second-order valence-corrected chi connectivity index (χ2v) is 4.42. The second-order valence-electron chi connectivity index (χ2n) is 2.93. The molecule has 0 aliphatic carbocycles. The van der Waals surface area contributed by atoms with Crippen LogP contribution < -0.4 is 10.6 Å². The average molecular weight is 224 g/mol. The molecule has 0 saturated heterocycles. The van der Waals surface area contributed by atoms with E-state index in [1.807, 2.05) is 0 Å². The minimum absolute atomic E-state index is 0.279. The molecule has 1 atom stereocenters. The van der Waals surface area contributed by atoms with Crippen LogP contribution in [0.5, 0.6) is 0 Å². The Balaban J connectivity index is 4.20. The van der Waals surface area contributed by atoms with Crippen LogP contribution in [0.25, 0.3) is 0 Å². The zero-order chi connectivity index (χ0) is 11.2. The maximum absolute atomic E-state index is 11.3. The van der Waals surface area contributed by atoms with Crippen LogP contribution in [-0.2, 0) is 14.9 Å². The molecule has 14 heavy (non-hydrogen) atoms. The average Bonchev–Trinajstić information content (AvgIpc) is 2.08. The normalized spacial score (nSPS) is 13.6. The van der Waals surface area contributed by atoms with Gasteiger partial charge in [0.2, 0.25) is 5.91 Å². The summed E-state index contributed by atoms with van der Waals surface area (Å²) in [5.41, 5.74) is 0. The standard InChI is InChI=1S/C7H16N2O4S/c1-3-6(4-14(11,12)13)7(10)9-5-8-2/h6,8H,3-5H2,1-2H3,(H,9,10)(H,11,12,13). The lowest BCUT2D eigenvalue weighted by atomic mass is 10.1. The molecule has 0 aromatic heterocycles. The topological polar surface area (TPSA) is 95.5 Å². The lowest BCUT2D eigenvalue weighted by molar-refractivity contribution is -0.124. The number of amides is 1. The van der Waals surface area contributed by atoms with Crippen molar-refractivity contribution in [2.45, 2.75) is 13.3 Å². The molecular formula is C7H16N2O4S. The summed E-state index contributed by atoms with van der Waals surface area (Å²) in [6.07, 6.45) is 0.370. The Morgan fingerprint density at radius 3 is 2.43 bits per heavy atom. The van der Waals surface area contributed by atoms with Gasteiger partial charge in [0.1, 0.15) is 0 Å². The minimum atomic E-state index is -4.09. The van der Waals surface area contributed by atoms with Crippen LogP contribution in [0.4, 0.5) is 0 Å². The van der Waals surface area contributed by atoms with E-state index in [0.717, 1.165) is 0 Å². The van der Waals surface area contributed by atoms with Crippen LogP contribution in [0.1, 0.15) is 13.3 Å². The Bertz CT molecular complexity index is 275. The third-order valence-electron chi connectivity index (χ3n) is 1.71. The maximum atomic E-state index is 11.3. The largest absolute Gasteiger partial charge is 0.343 e. The van der Waals surface area contributed by atoms with Crippen LogP contribution in [0, 0.1) is 5.92 Å². The third-order valence-corrected chi connectivity index (χ3v) is 2.54. The van der Waals surface area contributed by atoms with Gasteiger partial charge >= 0.3 is 0 Å². The number of carbonyl (C=O) groups is 1. The molecule has 0 aromatic carbocycles. The smallest absolute Gasteiger partial charge is 0.265 e. The van der Waals surface area contributed by atoms with Crippen molar-refractivity contribution in [1.82, 2.24) is 10.6 Å². The summed E-state index contributed by atoms with van der Waals surface area (Å²) in [6, 6.07) is 0. The predicted octanol–water partition coefficient (Wildman–Crippen LogP) is -0.806. The van der Waals surface area contributed by atoms with Gasteiger partial charge in [-0.25, -0.2) is 0 Å². The molecule has 0 fully saturated rings. The summed E-state index contributed by atoms with van der Waals surface area (Å²) in [7, 11) is -2.43. The van der Waals surface area contributed by atoms with E-state index in [4.69, 9.17) is 4.55 Å². The summed E-state index contributed by atoms with van der Waals surface area (Å²) in [5, 5.41) is 5.18. The van der Waals surface area contributed by atoms with Crippen molar-refractivity contribution in [3.05, 3.63) is 0 Å². The van der Waals surface area contributed by atoms with Gasteiger partial charge in [0.25, 0.3) is 10.1 Å². The minimum Gasteiger partial charge on any atom is -0.343 e. The van der Waals surface area contributed by atoms with Crippen molar-refractivity contribution in [2.75, 3.05) is 19.5 Å². The van der Waals surface area contributed by atoms with Gasteiger partial charge in [0, 0.05) is 0 Å². The van der Waals surface area contributed by atoms with Crippen LogP contribution in [0.3, 0.4) is 0 Å². The van der Waals surface area contributed by atoms with Crippen molar-refractivity contribution in [3.8, 4) is 0 Å². The Morgan fingerprint density at radius 1 is 1.50 bits per heavy atom. The zero-order valence-electron chi connectivity index (χ0n) is 8.28. The molecule has 0 aliphatic rings. The first-order chi connectivity index (χ1) is 6.40. The van der Waals surface area contributed by atoms with Crippen LogP contribution in [-0.4, -0.2) is 38.3 Å². The number of rotatable bonds is 6. The lowest BCUT2D eigenvalue weighted by Crippen LogP contribution is -2.38. The van der Waals surface area contributed by atoms with Gasteiger partial charge in [-0.05, 0) is 13.5 Å². The first kappa shape index (κ1) is 13.3. The predicted molar refractivity (Wildman–Crippen MR) is 52.3 cm³/mol. The van der Waals surface area contributed by atoms with Gasteiger partial charge in [0.05, 0.1) is 18.3 Å². The molecule has 7 heteroatoms. The molecule has 3 N–H and O–H groups in total. The van der Waals surface area contributed by atoms with E-state index in [-0.39, 0.29) is 12.6 Å². The first-order valence-corrected chi connectivity index (χ1v) is 5.89. The molecule has 84 valence electrons.